The van der Waals surface area contributed by atoms with Crippen molar-refractivity contribution >= 4 is 17.9 Å². The number of esters is 3. The van der Waals surface area contributed by atoms with E-state index in [-0.39, 0.29) is 31.1 Å². The van der Waals surface area contributed by atoms with E-state index in [1.807, 2.05) is 0 Å². The van der Waals surface area contributed by atoms with Gasteiger partial charge in [0, 0.05) is 19.3 Å². The molecule has 0 N–H and O–H groups in total. The van der Waals surface area contributed by atoms with Gasteiger partial charge in [-0.25, -0.2) is 0 Å². The van der Waals surface area contributed by atoms with Crippen molar-refractivity contribution in [1.82, 2.24) is 0 Å². The summed E-state index contributed by atoms with van der Waals surface area (Å²) in [4.78, 5) is 37.8. The zero-order valence-electron chi connectivity index (χ0n) is 38.5. The summed E-state index contributed by atoms with van der Waals surface area (Å²) in [5.41, 5.74) is 0. The molecule has 0 amide bonds. The Bertz CT molecular complexity index is 1130. The van der Waals surface area contributed by atoms with Crippen LogP contribution in [-0.2, 0) is 28.6 Å². The highest BCUT2D eigenvalue weighted by molar-refractivity contribution is 5.71. The number of hydrogen-bond acceptors (Lipinski definition) is 6. The predicted octanol–water partition coefficient (Wildman–Crippen LogP) is 15.9. The zero-order valence-corrected chi connectivity index (χ0v) is 38.5. The molecule has 0 aliphatic carbocycles. The highest BCUT2D eigenvalue weighted by atomic mass is 16.6. The lowest BCUT2D eigenvalue weighted by Gasteiger charge is -2.18. The standard InChI is InChI=1S/C53H90O6/c1-4-7-10-13-16-19-22-24-25-26-27-28-30-31-34-37-40-43-46-52(55)58-49-50(48-57-51(54)45-42-39-36-33-21-18-15-12-9-6-3)59-53(56)47-44-41-38-35-32-29-23-20-17-14-11-8-5-2/h8,11,14-15,17-18,20,23,25-28,50H,4-7,9-10,12-13,16,19,21-22,24,29-49H2,1-3H3/b11-8-,17-14-,18-15-,23-20-,26-25-,28-27-. The molecule has 1 unspecified atom stereocenters. The van der Waals surface area contributed by atoms with Gasteiger partial charge in [-0.15, -0.1) is 0 Å². The molecule has 0 aliphatic heterocycles. The van der Waals surface area contributed by atoms with Crippen molar-refractivity contribution in [2.75, 3.05) is 13.2 Å². The van der Waals surface area contributed by atoms with Crippen LogP contribution >= 0.6 is 0 Å². The van der Waals surface area contributed by atoms with Crippen LogP contribution in [0.15, 0.2) is 72.9 Å². The van der Waals surface area contributed by atoms with E-state index in [1.165, 1.54) is 64.2 Å². The maximum absolute atomic E-state index is 12.7. The molecular weight excluding hydrogens is 733 g/mol. The largest absolute Gasteiger partial charge is 0.462 e. The first kappa shape index (κ1) is 55.9. The molecule has 0 rings (SSSR count). The highest BCUT2D eigenvalue weighted by Crippen LogP contribution is 2.13. The summed E-state index contributed by atoms with van der Waals surface area (Å²) in [6, 6.07) is 0. The van der Waals surface area contributed by atoms with Crippen molar-refractivity contribution in [3.05, 3.63) is 72.9 Å². The summed E-state index contributed by atoms with van der Waals surface area (Å²) >= 11 is 0. The van der Waals surface area contributed by atoms with Gasteiger partial charge in [0.05, 0.1) is 0 Å². The van der Waals surface area contributed by atoms with Gasteiger partial charge in [-0.2, -0.15) is 0 Å². The smallest absolute Gasteiger partial charge is 0.306 e. The average molecular weight is 823 g/mol. The molecule has 0 aromatic carbocycles. The lowest BCUT2D eigenvalue weighted by atomic mass is 10.1. The Morgan fingerprint density at radius 1 is 0.356 bits per heavy atom. The summed E-state index contributed by atoms with van der Waals surface area (Å²) < 4.78 is 16.7. The molecular formula is C53H90O6. The van der Waals surface area contributed by atoms with Crippen LogP contribution in [0, 0.1) is 0 Å². The Hall–Kier alpha value is -3.15. The zero-order chi connectivity index (χ0) is 43.0. The first-order valence-corrected chi connectivity index (χ1v) is 24.5. The third-order valence-electron chi connectivity index (χ3n) is 10.3. The number of allylic oxidation sites excluding steroid dienone is 12. The average Bonchev–Trinajstić information content (AvgIpc) is 3.23. The Labute approximate surface area is 363 Å². The highest BCUT2D eigenvalue weighted by Gasteiger charge is 2.19. The van der Waals surface area contributed by atoms with Crippen molar-refractivity contribution < 1.29 is 28.6 Å². The molecule has 0 aromatic heterocycles. The quantitative estimate of drug-likeness (QED) is 0.0200. The van der Waals surface area contributed by atoms with E-state index in [1.54, 1.807) is 0 Å². The SMILES string of the molecule is CC\C=C/C=C\C=C/CCCCCCCC(=O)OC(COC(=O)CCCCCC/C=C\CCCC)COC(=O)CCCCCCC/C=C\C=C/CCCCCCCCC. The van der Waals surface area contributed by atoms with Gasteiger partial charge < -0.3 is 14.2 Å². The minimum atomic E-state index is -0.795. The summed E-state index contributed by atoms with van der Waals surface area (Å²) in [7, 11) is 0. The van der Waals surface area contributed by atoms with E-state index in [9.17, 15) is 14.4 Å². The summed E-state index contributed by atoms with van der Waals surface area (Å²) in [5.74, 6) is -0.947. The number of unbranched alkanes of at least 4 members (excludes halogenated alkanes) is 23. The number of rotatable bonds is 43. The molecule has 0 saturated carbocycles. The van der Waals surface area contributed by atoms with Crippen molar-refractivity contribution in [2.24, 2.45) is 0 Å². The summed E-state index contributed by atoms with van der Waals surface area (Å²) in [5, 5.41) is 0. The lowest BCUT2D eigenvalue weighted by Crippen LogP contribution is -2.30. The van der Waals surface area contributed by atoms with Crippen LogP contribution in [0.2, 0.25) is 0 Å². The fraction of sp³-hybridized carbons (Fsp3) is 0.717. The molecule has 0 saturated heterocycles. The van der Waals surface area contributed by atoms with Gasteiger partial charge in [0.1, 0.15) is 13.2 Å². The van der Waals surface area contributed by atoms with Gasteiger partial charge in [0.15, 0.2) is 6.10 Å². The molecule has 338 valence electrons. The minimum absolute atomic E-state index is 0.0958. The van der Waals surface area contributed by atoms with Crippen LogP contribution < -0.4 is 0 Å². The Kier molecular flexibility index (Phi) is 45.0. The van der Waals surface area contributed by atoms with Crippen LogP contribution in [0.1, 0.15) is 226 Å². The second-order valence-corrected chi connectivity index (χ2v) is 16.1. The van der Waals surface area contributed by atoms with E-state index < -0.39 is 6.10 Å². The fourth-order valence-electron chi connectivity index (χ4n) is 6.53. The van der Waals surface area contributed by atoms with Crippen LogP contribution in [-0.4, -0.2) is 37.2 Å². The third-order valence-corrected chi connectivity index (χ3v) is 10.3. The Balaban J connectivity index is 4.40. The maximum atomic E-state index is 12.7. The van der Waals surface area contributed by atoms with Crippen LogP contribution in [0.25, 0.3) is 0 Å². The number of carbonyl (C=O) groups excluding carboxylic acids is 3. The van der Waals surface area contributed by atoms with Gasteiger partial charge in [-0.1, -0.05) is 196 Å². The summed E-state index contributed by atoms with van der Waals surface area (Å²) in [6.07, 6.45) is 58.9. The molecule has 0 bridgehead atoms. The van der Waals surface area contributed by atoms with Crippen molar-refractivity contribution in [2.45, 2.75) is 232 Å². The van der Waals surface area contributed by atoms with Crippen LogP contribution in [0.5, 0.6) is 0 Å². The van der Waals surface area contributed by atoms with E-state index in [0.717, 1.165) is 122 Å². The third kappa shape index (κ3) is 45.8. The van der Waals surface area contributed by atoms with Gasteiger partial charge in [-0.3, -0.25) is 14.4 Å². The molecule has 0 aromatic rings. The first-order valence-electron chi connectivity index (χ1n) is 24.5. The minimum Gasteiger partial charge on any atom is -0.462 e. The second-order valence-electron chi connectivity index (χ2n) is 16.1. The maximum Gasteiger partial charge on any atom is 0.306 e. The molecule has 6 nitrogen and oxygen atoms in total. The van der Waals surface area contributed by atoms with Gasteiger partial charge >= 0.3 is 17.9 Å². The molecule has 0 heterocycles. The van der Waals surface area contributed by atoms with Crippen molar-refractivity contribution in [3.8, 4) is 0 Å². The molecule has 0 spiro atoms. The first-order chi connectivity index (χ1) is 29.0. The molecule has 59 heavy (non-hydrogen) atoms. The topological polar surface area (TPSA) is 78.9 Å². The molecule has 0 radical (unpaired) electrons. The Morgan fingerprint density at radius 2 is 0.695 bits per heavy atom. The molecule has 0 fully saturated rings. The van der Waals surface area contributed by atoms with Crippen molar-refractivity contribution in [1.29, 1.82) is 0 Å². The van der Waals surface area contributed by atoms with E-state index in [2.05, 4.69) is 93.7 Å². The fourth-order valence-corrected chi connectivity index (χ4v) is 6.53. The van der Waals surface area contributed by atoms with Gasteiger partial charge in [-0.05, 0) is 83.5 Å². The molecule has 6 heteroatoms. The Morgan fingerprint density at radius 3 is 1.14 bits per heavy atom. The van der Waals surface area contributed by atoms with Gasteiger partial charge in [0.2, 0.25) is 0 Å². The van der Waals surface area contributed by atoms with E-state index >= 15 is 0 Å². The number of carbonyl (C=O) groups is 3. The second kappa shape index (κ2) is 47.5. The van der Waals surface area contributed by atoms with Crippen molar-refractivity contribution in [3.63, 3.8) is 0 Å². The monoisotopic (exact) mass is 823 g/mol. The number of hydrogen-bond donors (Lipinski definition) is 0. The predicted molar refractivity (Wildman–Crippen MR) is 251 cm³/mol. The molecule has 1 atom stereocenters. The van der Waals surface area contributed by atoms with Crippen LogP contribution in [0.3, 0.4) is 0 Å². The molecule has 0 aliphatic rings. The summed E-state index contributed by atoms with van der Waals surface area (Å²) in [6.45, 7) is 6.40. The number of ether oxygens (including phenoxy) is 3. The van der Waals surface area contributed by atoms with Gasteiger partial charge in [0.25, 0.3) is 0 Å². The van der Waals surface area contributed by atoms with E-state index in [4.69, 9.17) is 14.2 Å². The van der Waals surface area contributed by atoms with E-state index in [0.29, 0.717) is 19.3 Å². The lowest BCUT2D eigenvalue weighted by molar-refractivity contribution is -0.167. The normalized spacial score (nSPS) is 12.7. The van der Waals surface area contributed by atoms with Crippen LogP contribution in [0.4, 0.5) is 0 Å².